The van der Waals surface area contributed by atoms with Gasteiger partial charge in [-0.05, 0) is 46.2 Å². The molecule has 0 radical (unpaired) electrons. The first kappa shape index (κ1) is 27.0. The number of benzene rings is 1. The van der Waals surface area contributed by atoms with E-state index in [2.05, 4.69) is 26.3 Å². The van der Waals surface area contributed by atoms with Crippen molar-refractivity contribution in [2.24, 2.45) is 4.99 Å². The highest BCUT2D eigenvalue weighted by Crippen LogP contribution is 2.06. The molecule has 0 atom stereocenters. The largest absolute Gasteiger partial charge is 0.444 e. The number of nitrogens with zero attached hydrogens (tertiary/aromatic N) is 1. The van der Waals surface area contributed by atoms with Crippen molar-refractivity contribution in [1.29, 1.82) is 0 Å². The first-order valence-electron chi connectivity index (χ1n) is 9.64. The summed E-state index contributed by atoms with van der Waals surface area (Å²) >= 11 is 0. The third-order valence-corrected chi connectivity index (χ3v) is 3.36. The minimum atomic E-state index is -0.500. The molecular formula is C20H34IN5O3. The van der Waals surface area contributed by atoms with Gasteiger partial charge in [-0.25, -0.2) is 4.79 Å². The van der Waals surface area contributed by atoms with Crippen molar-refractivity contribution in [3.05, 3.63) is 35.9 Å². The van der Waals surface area contributed by atoms with Gasteiger partial charge < -0.3 is 26.0 Å². The quantitative estimate of drug-likeness (QED) is 0.174. The van der Waals surface area contributed by atoms with Crippen LogP contribution in [0.5, 0.6) is 0 Å². The van der Waals surface area contributed by atoms with E-state index in [4.69, 9.17) is 4.74 Å². The van der Waals surface area contributed by atoms with Crippen LogP contribution in [0.1, 0.15) is 44.5 Å². The SMILES string of the molecule is CCNC(=NCCCNC(=O)OC(C)(C)C)NCCNC(=O)c1ccccc1.I. The normalized spacial score (nSPS) is 11.1. The average Bonchev–Trinajstić information content (AvgIpc) is 2.63. The number of nitrogens with one attached hydrogen (secondary N) is 4. The molecule has 0 fully saturated rings. The third-order valence-electron chi connectivity index (χ3n) is 3.36. The van der Waals surface area contributed by atoms with E-state index in [1.807, 2.05) is 45.9 Å². The zero-order valence-corrected chi connectivity index (χ0v) is 20.0. The van der Waals surface area contributed by atoms with Crippen molar-refractivity contribution in [3.63, 3.8) is 0 Å². The van der Waals surface area contributed by atoms with Gasteiger partial charge in [0.15, 0.2) is 5.96 Å². The van der Waals surface area contributed by atoms with E-state index in [0.29, 0.717) is 44.1 Å². The van der Waals surface area contributed by atoms with Crippen LogP contribution in [0.3, 0.4) is 0 Å². The van der Waals surface area contributed by atoms with Crippen molar-refractivity contribution in [1.82, 2.24) is 21.3 Å². The molecule has 0 heterocycles. The number of carbonyl (C=O) groups is 2. The summed E-state index contributed by atoms with van der Waals surface area (Å²) in [5.41, 5.74) is 0.140. The summed E-state index contributed by atoms with van der Waals surface area (Å²) in [5, 5.41) is 11.9. The predicted molar refractivity (Wildman–Crippen MR) is 127 cm³/mol. The van der Waals surface area contributed by atoms with Crippen LogP contribution in [0.4, 0.5) is 4.79 Å². The summed E-state index contributed by atoms with van der Waals surface area (Å²) in [6, 6.07) is 9.10. The number of guanidine groups is 1. The Morgan fingerprint density at radius 2 is 1.62 bits per heavy atom. The molecular weight excluding hydrogens is 485 g/mol. The second-order valence-electron chi connectivity index (χ2n) is 7.09. The fourth-order valence-corrected chi connectivity index (χ4v) is 2.16. The number of hydrogen-bond acceptors (Lipinski definition) is 4. The Labute approximate surface area is 190 Å². The zero-order valence-electron chi connectivity index (χ0n) is 17.7. The van der Waals surface area contributed by atoms with Crippen LogP contribution >= 0.6 is 24.0 Å². The maximum absolute atomic E-state index is 12.0. The van der Waals surface area contributed by atoms with Gasteiger partial charge in [0.2, 0.25) is 0 Å². The molecule has 0 saturated carbocycles. The first-order chi connectivity index (χ1) is 13.3. The smallest absolute Gasteiger partial charge is 0.407 e. The Kier molecular flexibility index (Phi) is 13.8. The van der Waals surface area contributed by atoms with Gasteiger partial charge in [-0.3, -0.25) is 9.79 Å². The molecule has 0 aliphatic heterocycles. The van der Waals surface area contributed by atoms with Gasteiger partial charge in [-0.15, -0.1) is 24.0 Å². The highest BCUT2D eigenvalue weighted by molar-refractivity contribution is 14.0. The molecule has 4 N–H and O–H groups in total. The topological polar surface area (TPSA) is 104 Å². The zero-order chi connectivity index (χ0) is 20.8. The van der Waals surface area contributed by atoms with Gasteiger partial charge in [0.1, 0.15) is 5.60 Å². The number of aliphatic imine (C=N–C) groups is 1. The van der Waals surface area contributed by atoms with Gasteiger partial charge >= 0.3 is 6.09 Å². The molecule has 1 aromatic rings. The van der Waals surface area contributed by atoms with E-state index < -0.39 is 11.7 Å². The lowest BCUT2D eigenvalue weighted by Gasteiger charge is -2.19. The van der Waals surface area contributed by atoms with Crippen LogP contribution in [0.15, 0.2) is 35.3 Å². The fourth-order valence-electron chi connectivity index (χ4n) is 2.16. The summed E-state index contributed by atoms with van der Waals surface area (Å²) < 4.78 is 5.18. The molecule has 8 nitrogen and oxygen atoms in total. The van der Waals surface area contributed by atoms with Crippen molar-refractivity contribution in [2.75, 3.05) is 32.7 Å². The van der Waals surface area contributed by atoms with Crippen LogP contribution in [-0.2, 0) is 4.74 Å². The molecule has 0 aromatic heterocycles. The van der Waals surface area contributed by atoms with Crippen LogP contribution in [-0.4, -0.2) is 56.3 Å². The van der Waals surface area contributed by atoms with Crippen molar-refractivity contribution in [2.45, 2.75) is 39.7 Å². The molecule has 0 aliphatic rings. The number of carbonyl (C=O) groups excluding carboxylic acids is 2. The van der Waals surface area contributed by atoms with Crippen LogP contribution in [0, 0.1) is 0 Å². The number of amides is 2. The summed E-state index contributed by atoms with van der Waals surface area (Å²) in [4.78, 5) is 28.0. The predicted octanol–water partition coefficient (Wildman–Crippen LogP) is 2.50. The van der Waals surface area contributed by atoms with Crippen molar-refractivity contribution in [3.8, 4) is 0 Å². The monoisotopic (exact) mass is 519 g/mol. The molecule has 0 spiro atoms. The number of hydrogen-bond donors (Lipinski definition) is 4. The molecule has 0 aliphatic carbocycles. The lowest BCUT2D eigenvalue weighted by Crippen LogP contribution is -2.41. The Bertz CT molecular complexity index is 633. The Balaban J connectivity index is 0.00000784. The van der Waals surface area contributed by atoms with E-state index in [1.165, 1.54) is 0 Å². The van der Waals surface area contributed by atoms with Gasteiger partial charge in [-0.1, -0.05) is 18.2 Å². The number of halogens is 1. The molecule has 0 saturated heterocycles. The maximum Gasteiger partial charge on any atom is 0.407 e. The summed E-state index contributed by atoms with van der Waals surface area (Å²) in [6.07, 6.45) is 0.274. The average molecular weight is 519 g/mol. The number of alkyl carbamates (subject to hydrolysis) is 1. The standard InChI is InChI=1S/C20H33N5O3.HI/c1-5-21-18(23-12-9-13-25-19(27)28-20(2,3)4)24-15-14-22-17(26)16-10-7-6-8-11-16;/h6-8,10-11H,5,9,12-15H2,1-4H3,(H,22,26)(H,25,27)(H2,21,23,24);1H. The molecule has 9 heteroatoms. The van der Waals surface area contributed by atoms with Crippen LogP contribution in [0.2, 0.25) is 0 Å². The lowest BCUT2D eigenvalue weighted by atomic mass is 10.2. The number of rotatable bonds is 9. The third kappa shape index (κ3) is 13.7. The van der Waals surface area contributed by atoms with E-state index in [-0.39, 0.29) is 29.9 Å². The summed E-state index contributed by atoms with van der Waals surface area (Å²) in [7, 11) is 0. The molecule has 29 heavy (non-hydrogen) atoms. The van der Waals surface area contributed by atoms with E-state index in [9.17, 15) is 9.59 Å². The van der Waals surface area contributed by atoms with Gasteiger partial charge in [0.05, 0.1) is 0 Å². The minimum Gasteiger partial charge on any atom is -0.444 e. The molecule has 1 rings (SSSR count). The Hall–Kier alpha value is -2.04. The van der Waals surface area contributed by atoms with Gasteiger partial charge in [0, 0.05) is 38.3 Å². The highest BCUT2D eigenvalue weighted by Gasteiger charge is 2.15. The Morgan fingerprint density at radius 1 is 0.966 bits per heavy atom. The molecule has 2 amide bonds. The maximum atomic E-state index is 12.0. The molecule has 164 valence electrons. The van der Waals surface area contributed by atoms with E-state index >= 15 is 0 Å². The fraction of sp³-hybridized carbons (Fsp3) is 0.550. The Morgan fingerprint density at radius 3 is 2.24 bits per heavy atom. The molecule has 0 unspecified atom stereocenters. The van der Waals surface area contributed by atoms with Crippen molar-refractivity contribution >= 4 is 41.9 Å². The summed E-state index contributed by atoms with van der Waals surface area (Å²) in [5.74, 6) is 0.575. The van der Waals surface area contributed by atoms with E-state index in [0.717, 1.165) is 6.54 Å². The highest BCUT2D eigenvalue weighted by atomic mass is 127. The molecule has 1 aromatic carbocycles. The van der Waals surface area contributed by atoms with Gasteiger partial charge in [0.25, 0.3) is 5.91 Å². The second-order valence-corrected chi connectivity index (χ2v) is 7.09. The summed E-state index contributed by atoms with van der Waals surface area (Å²) in [6.45, 7) is 10.3. The van der Waals surface area contributed by atoms with Crippen molar-refractivity contribution < 1.29 is 14.3 Å². The minimum absolute atomic E-state index is 0. The van der Waals surface area contributed by atoms with Gasteiger partial charge in [-0.2, -0.15) is 0 Å². The lowest BCUT2D eigenvalue weighted by molar-refractivity contribution is 0.0527. The van der Waals surface area contributed by atoms with Crippen LogP contribution in [0.25, 0.3) is 0 Å². The van der Waals surface area contributed by atoms with Crippen LogP contribution < -0.4 is 21.3 Å². The number of ether oxygens (including phenoxy) is 1. The second kappa shape index (κ2) is 14.9. The molecule has 0 bridgehead atoms. The first-order valence-corrected chi connectivity index (χ1v) is 9.64. The van der Waals surface area contributed by atoms with E-state index in [1.54, 1.807) is 12.1 Å².